The van der Waals surface area contributed by atoms with Crippen molar-refractivity contribution in [2.24, 2.45) is 0 Å². The van der Waals surface area contributed by atoms with E-state index < -0.39 is 0 Å². The molecule has 284 valence electrons. The van der Waals surface area contributed by atoms with E-state index in [1.807, 2.05) is 0 Å². The first-order valence-electron chi connectivity index (χ1n) is 20.8. The Morgan fingerprint density at radius 3 is 1.73 bits per heavy atom. The van der Waals surface area contributed by atoms with Gasteiger partial charge in [0.2, 0.25) is 0 Å². The lowest BCUT2D eigenvalue weighted by atomic mass is 9.91. The molecule has 1 aliphatic rings. The Morgan fingerprint density at radius 2 is 0.983 bits per heavy atom. The van der Waals surface area contributed by atoms with Crippen LogP contribution in [-0.4, -0.2) is 0 Å². The average molecular weight is 768 g/mol. The summed E-state index contributed by atoms with van der Waals surface area (Å²) in [6, 6.07) is 76.6. The maximum Gasteiger partial charge on any atom is 0.143 e. The van der Waals surface area contributed by atoms with Crippen LogP contribution in [0.25, 0.3) is 82.8 Å². The van der Waals surface area contributed by atoms with E-state index in [1.165, 1.54) is 66.6 Å². The fourth-order valence-corrected chi connectivity index (χ4v) is 8.99. The number of anilines is 2. The number of allylic oxidation sites excluding steroid dienone is 4. The molecule has 1 aliphatic carbocycles. The van der Waals surface area contributed by atoms with Crippen LogP contribution in [0.2, 0.25) is 0 Å². The van der Waals surface area contributed by atoms with Crippen molar-refractivity contribution in [3.8, 4) is 44.5 Å². The van der Waals surface area contributed by atoms with Crippen molar-refractivity contribution in [3.05, 3.63) is 236 Å². The Kier molecular flexibility index (Phi) is 9.02. The molecule has 9 aromatic carbocycles. The van der Waals surface area contributed by atoms with Gasteiger partial charge in [-0.2, -0.15) is 0 Å². The van der Waals surface area contributed by atoms with Crippen molar-refractivity contribution in [1.29, 1.82) is 0 Å². The molecule has 11 rings (SSSR count). The number of fused-ring (bicyclic) bond motifs is 4. The van der Waals surface area contributed by atoms with Gasteiger partial charge in [-0.15, -0.1) is 0 Å². The lowest BCUT2D eigenvalue weighted by Crippen LogP contribution is -2.19. The number of rotatable bonds is 8. The van der Waals surface area contributed by atoms with Gasteiger partial charge in [0, 0.05) is 39.0 Å². The summed E-state index contributed by atoms with van der Waals surface area (Å²) in [7, 11) is 0. The molecule has 0 atom stereocenters. The lowest BCUT2D eigenvalue weighted by molar-refractivity contribution is 0.668. The van der Waals surface area contributed by atoms with Gasteiger partial charge in [-0.25, -0.2) is 0 Å². The Labute approximate surface area is 350 Å². The van der Waals surface area contributed by atoms with E-state index in [1.54, 1.807) is 0 Å². The highest BCUT2D eigenvalue weighted by atomic mass is 16.3. The van der Waals surface area contributed by atoms with Gasteiger partial charge in [0.05, 0.1) is 0 Å². The zero-order chi connectivity index (χ0) is 39.8. The number of hydrogen-bond donors (Lipinski definition) is 0. The summed E-state index contributed by atoms with van der Waals surface area (Å²) >= 11 is 0. The number of furan rings is 1. The Bertz CT molecular complexity index is 3230. The highest BCUT2D eigenvalue weighted by Crippen LogP contribution is 2.44. The molecule has 60 heavy (non-hydrogen) atoms. The van der Waals surface area contributed by atoms with Crippen LogP contribution < -0.4 is 4.90 Å². The minimum Gasteiger partial charge on any atom is -0.455 e. The molecule has 0 amide bonds. The third-order valence-corrected chi connectivity index (χ3v) is 11.9. The van der Waals surface area contributed by atoms with Crippen LogP contribution in [0, 0.1) is 0 Å². The quantitative estimate of drug-likeness (QED) is 0.153. The highest BCUT2D eigenvalue weighted by molar-refractivity contribution is 6.13. The van der Waals surface area contributed by atoms with E-state index in [9.17, 15) is 0 Å². The fourth-order valence-electron chi connectivity index (χ4n) is 8.99. The second kappa shape index (κ2) is 15.2. The molecule has 1 aromatic heterocycles. The van der Waals surface area contributed by atoms with Crippen LogP contribution in [0.15, 0.2) is 235 Å². The maximum absolute atomic E-state index is 6.82. The molecule has 1 heterocycles. The van der Waals surface area contributed by atoms with Gasteiger partial charge in [-0.3, -0.25) is 0 Å². The lowest BCUT2D eigenvalue weighted by Gasteiger charge is -2.32. The second-order valence-corrected chi connectivity index (χ2v) is 15.6. The predicted molar refractivity (Wildman–Crippen MR) is 253 cm³/mol. The van der Waals surface area contributed by atoms with Gasteiger partial charge < -0.3 is 9.32 Å². The minimum atomic E-state index is 0.880. The molecule has 10 aromatic rings. The topological polar surface area (TPSA) is 16.4 Å². The van der Waals surface area contributed by atoms with Crippen molar-refractivity contribution in [1.82, 2.24) is 0 Å². The summed E-state index contributed by atoms with van der Waals surface area (Å²) in [5.41, 5.74) is 17.2. The molecule has 0 fully saturated rings. The molecule has 0 unspecified atom stereocenters. The predicted octanol–water partition coefficient (Wildman–Crippen LogP) is 16.3. The molecule has 2 heteroatoms. The van der Waals surface area contributed by atoms with Gasteiger partial charge in [0.15, 0.2) is 0 Å². The molecular formula is C58H41NO. The van der Waals surface area contributed by atoms with E-state index in [0.717, 1.165) is 51.7 Å². The second-order valence-electron chi connectivity index (χ2n) is 15.6. The third-order valence-electron chi connectivity index (χ3n) is 11.9. The van der Waals surface area contributed by atoms with Gasteiger partial charge >= 0.3 is 0 Å². The van der Waals surface area contributed by atoms with Crippen LogP contribution in [0.4, 0.5) is 11.4 Å². The first-order chi connectivity index (χ1) is 29.7. The summed E-state index contributed by atoms with van der Waals surface area (Å²) in [6.45, 7) is 0. The van der Waals surface area contributed by atoms with E-state index >= 15 is 0 Å². The highest BCUT2D eigenvalue weighted by Gasteiger charge is 2.24. The van der Waals surface area contributed by atoms with Crippen LogP contribution in [0.3, 0.4) is 0 Å². The van der Waals surface area contributed by atoms with E-state index in [0.29, 0.717) is 0 Å². The van der Waals surface area contributed by atoms with Crippen LogP contribution in [0.1, 0.15) is 18.4 Å². The maximum atomic E-state index is 6.82. The zero-order valence-electron chi connectivity index (χ0n) is 33.1. The molecule has 0 saturated heterocycles. The smallest absolute Gasteiger partial charge is 0.143 e. The standard InChI is InChI=1S/C58H41NO/c1-4-16-40(17-5-1)44-24-14-25-49(36-44)59(48-33-30-41(31-34-48)47-32-35-50(42-18-6-2-7-19-42)54(37-47)43-20-8-3-9-21-43)56-29-13-12-26-51(56)52-27-15-28-53-55-38-45-22-10-11-23-46(45)39-57(55)60-58(52)53/h1-12,14-28,30-39H,13,29H2. The van der Waals surface area contributed by atoms with Crippen molar-refractivity contribution < 1.29 is 4.42 Å². The SMILES string of the molecule is C1=CC(c2cccc3c2oc2cc4ccccc4cc23)=C(N(c2ccc(-c3ccc(-c4ccccc4)c(-c4ccccc4)c3)cc2)c2cccc(-c3ccccc3)c2)CC1. The first kappa shape index (κ1) is 35.5. The van der Waals surface area contributed by atoms with Gasteiger partial charge in [-0.1, -0.05) is 182 Å². The summed E-state index contributed by atoms with van der Waals surface area (Å²) in [5.74, 6) is 0. The Morgan fingerprint density at radius 1 is 0.383 bits per heavy atom. The number of hydrogen-bond acceptors (Lipinski definition) is 2. The molecule has 2 nitrogen and oxygen atoms in total. The number of para-hydroxylation sites is 1. The Hall–Kier alpha value is -7.68. The largest absolute Gasteiger partial charge is 0.455 e. The van der Waals surface area contributed by atoms with E-state index in [4.69, 9.17) is 4.42 Å². The van der Waals surface area contributed by atoms with Crippen LogP contribution in [-0.2, 0) is 0 Å². The molecule has 0 aliphatic heterocycles. The normalized spacial score (nSPS) is 12.7. The van der Waals surface area contributed by atoms with Gasteiger partial charge in [0.25, 0.3) is 0 Å². The number of nitrogens with zero attached hydrogens (tertiary/aromatic N) is 1. The fraction of sp³-hybridized carbons (Fsp3) is 0.0345. The first-order valence-corrected chi connectivity index (χ1v) is 20.8. The van der Waals surface area contributed by atoms with Crippen molar-refractivity contribution in [2.75, 3.05) is 4.90 Å². The van der Waals surface area contributed by atoms with Crippen molar-refractivity contribution in [3.63, 3.8) is 0 Å². The Balaban J connectivity index is 1.06. The number of benzene rings is 9. The summed E-state index contributed by atoms with van der Waals surface area (Å²) in [6.07, 6.45) is 6.44. The third kappa shape index (κ3) is 6.49. The van der Waals surface area contributed by atoms with Gasteiger partial charge in [0.1, 0.15) is 11.2 Å². The van der Waals surface area contributed by atoms with Crippen molar-refractivity contribution >= 4 is 49.7 Å². The van der Waals surface area contributed by atoms with Gasteiger partial charge in [-0.05, 0) is 111 Å². The van der Waals surface area contributed by atoms with E-state index in [2.05, 4.69) is 229 Å². The molecule has 0 N–H and O–H groups in total. The van der Waals surface area contributed by atoms with Crippen molar-refractivity contribution in [2.45, 2.75) is 12.8 Å². The molecular weight excluding hydrogens is 727 g/mol. The zero-order valence-corrected chi connectivity index (χ0v) is 33.1. The van der Waals surface area contributed by atoms with Crippen LogP contribution >= 0.6 is 0 Å². The monoisotopic (exact) mass is 767 g/mol. The van der Waals surface area contributed by atoms with E-state index in [-0.39, 0.29) is 0 Å². The minimum absolute atomic E-state index is 0.880. The molecule has 0 spiro atoms. The summed E-state index contributed by atoms with van der Waals surface area (Å²) in [5, 5.41) is 4.67. The van der Waals surface area contributed by atoms with Crippen LogP contribution in [0.5, 0.6) is 0 Å². The average Bonchev–Trinajstić information content (AvgIpc) is 3.69. The molecule has 0 radical (unpaired) electrons. The summed E-state index contributed by atoms with van der Waals surface area (Å²) < 4.78 is 6.82. The molecule has 0 saturated carbocycles. The molecule has 0 bridgehead atoms. The summed E-state index contributed by atoms with van der Waals surface area (Å²) in [4.78, 5) is 2.47.